The highest BCUT2D eigenvalue weighted by molar-refractivity contribution is 9.10. The van der Waals surface area contributed by atoms with Gasteiger partial charge in [0.2, 0.25) is 0 Å². The number of anilines is 1. The number of halogens is 1. The molecule has 1 amide bonds. The number of hydrogen-bond donors (Lipinski definition) is 1. The molecule has 4 aromatic rings. The van der Waals surface area contributed by atoms with Crippen molar-refractivity contribution in [2.45, 2.75) is 39.0 Å². The summed E-state index contributed by atoms with van der Waals surface area (Å²) in [5.41, 5.74) is 4.44. The number of esters is 1. The van der Waals surface area contributed by atoms with Crippen LogP contribution in [0.25, 0.3) is 22.2 Å². The first-order chi connectivity index (χ1) is 17.0. The Morgan fingerprint density at radius 2 is 1.91 bits per heavy atom. The molecule has 178 valence electrons. The SMILES string of the molecule is CCCOC(=O)c1c(NC(=O)c2cc(-c3cccc(Br)c3)nc3ccccc23)sc2c1CCCC2. The molecule has 1 aliphatic rings. The zero-order valence-corrected chi connectivity index (χ0v) is 21.8. The first-order valence-electron chi connectivity index (χ1n) is 11.8. The molecule has 1 N–H and O–H groups in total. The summed E-state index contributed by atoms with van der Waals surface area (Å²) in [5.74, 6) is -0.612. The predicted molar refractivity (Wildman–Crippen MR) is 144 cm³/mol. The fourth-order valence-electron chi connectivity index (χ4n) is 4.47. The number of para-hydroxylation sites is 1. The molecule has 35 heavy (non-hydrogen) atoms. The van der Waals surface area contributed by atoms with Crippen LogP contribution in [0.15, 0.2) is 59.1 Å². The summed E-state index contributed by atoms with van der Waals surface area (Å²) in [6.07, 6.45) is 4.64. The summed E-state index contributed by atoms with van der Waals surface area (Å²) >= 11 is 5.02. The number of aromatic nitrogens is 1. The lowest BCUT2D eigenvalue weighted by molar-refractivity contribution is 0.0505. The lowest BCUT2D eigenvalue weighted by Gasteiger charge is -2.13. The van der Waals surface area contributed by atoms with Crippen molar-refractivity contribution < 1.29 is 14.3 Å². The number of ether oxygens (including phenoxy) is 1. The zero-order chi connectivity index (χ0) is 24.4. The van der Waals surface area contributed by atoms with Gasteiger partial charge in [-0.1, -0.05) is 53.2 Å². The molecule has 0 unspecified atom stereocenters. The number of hydrogen-bond acceptors (Lipinski definition) is 5. The smallest absolute Gasteiger partial charge is 0.341 e. The topological polar surface area (TPSA) is 68.3 Å². The molecule has 2 aromatic heterocycles. The summed E-state index contributed by atoms with van der Waals surface area (Å²) in [6, 6.07) is 17.3. The highest BCUT2D eigenvalue weighted by atomic mass is 79.9. The Kier molecular flexibility index (Phi) is 6.97. The normalized spacial score (nSPS) is 12.9. The quantitative estimate of drug-likeness (QED) is 0.254. The number of thiophene rings is 1. The molecule has 0 saturated carbocycles. The third kappa shape index (κ3) is 4.88. The second-order valence-corrected chi connectivity index (χ2v) is 10.6. The fourth-order valence-corrected chi connectivity index (χ4v) is 6.14. The molecule has 0 aliphatic heterocycles. The van der Waals surface area contributed by atoms with Gasteiger partial charge in [-0.05, 0) is 61.9 Å². The number of pyridine rings is 1. The Balaban J connectivity index is 1.56. The largest absolute Gasteiger partial charge is 0.462 e. The van der Waals surface area contributed by atoms with E-state index < -0.39 is 0 Å². The number of fused-ring (bicyclic) bond motifs is 2. The number of carbonyl (C=O) groups is 2. The van der Waals surface area contributed by atoms with E-state index in [1.807, 2.05) is 61.5 Å². The van der Waals surface area contributed by atoms with Crippen LogP contribution < -0.4 is 5.32 Å². The molecule has 0 spiro atoms. The second kappa shape index (κ2) is 10.3. The number of carbonyl (C=O) groups excluding carboxylic acids is 2. The van der Waals surface area contributed by atoms with Crippen molar-refractivity contribution in [1.82, 2.24) is 4.98 Å². The zero-order valence-electron chi connectivity index (χ0n) is 19.4. The van der Waals surface area contributed by atoms with Crippen molar-refractivity contribution in [1.29, 1.82) is 0 Å². The van der Waals surface area contributed by atoms with Gasteiger partial charge in [-0.25, -0.2) is 9.78 Å². The molecule has 0 saturated heterocycles. The van der Waals surface area contributed by atoms with E-state index in [-0.39, 0.29) is 11.9 Å². The minimum atomic E-state index is -0.351. The van der Waals surface area contributed by atoms with Crippen LogP contribution in [-0.4, -0.2) is 23.5 Å². The van der Waals surface area contributed by atoms with Gasteiger partial charge in [0.15, 0.2) is 0 Å². The molecule has 5 rings (SSSR count). The van der Waals surface area contributed by atoms with Crippen LogP contribution in [0.4, 0.5) is 5.00 Å². The third-order valence-electron chi connectivity index (χ3n) is 6.12. The van der Waals surface area contributed by atoms with E-state index in [1.54, 1.807) is 0 Å². The predicted octanol–water partition coefficient (Wildman–Crippen LogP) is 7.42. The standard InChI is InChI=1S/C28H25BrN2O3S/c1-2-14-34-28(33)25-20-11-4-6-13-24(20)35-27(25)31-26(32)21-16-23(17-8-7-9-18(29)15-17)30-22-12-5-3-10-19(21)22/h3,5,7-10,12,15-16H,2,4,6,11,13-14H2,1H3,(H,31,32). The molecule has 2 aromatic carbocycles. The van der Waals surface area contributed by atoms with Crippen LogP contribution in [0.5, 0.6) is 0 Å². The Labute approximate surface area is 216 Å². The average Bonchev–Trinajstić information content (AvgIpc) is 3.24. The number of benzene rings is 2. The van der Waals surface area contributed by atoms with Crippen LogP contribution in [-0.2, 0) is 17.6 Å². The number of aryl methyl sites for hydroxylation is 1. The summed E-state index contributed by atoms with van der Waals surface area (Å²) in [4.78, 5) is 32.6. The molecule has 5 nitrogen and oxygen atoms in total. The lowest BCUT2D eigenvalue weighted by atomic mass is 9.95. The van der Waals surface area contributed by atoms with Crippen molar-refractivity contribution in [3.05, 3.63) is 80.6 Å². The second-order valence-electron chi connectivity index (χ2n) is 8.59. The van der Waals surface area contributed by atoms with Crippen molar-refractivity contribution in [2.24, 2.45) is 0 Å². The highest BCUT2D eigenvalue weighted by Gasteiger charge is 2.28. The Morgan fingerprint density at radius 3 is 2.74 bits per heavy atom. The van der Waals surface area contributed by atoms with Crippen molar-refractivity contribution >= 4 is 55.0 Å². The third-order valence-corrected chi connectivity index (χ3v) is 7.82. The van der Waals surface area contributed by atoms with Gasteiger partial charge in [0, 0.05) is 20.3 Å². The van der Waals surface area contributed by atoms with Crippen molar-refractivity contribution in [2.75, 3.05) is 11.9 Å². The van der Waals surface area contributed by atoms with E-state index >= 15 is 0 Å². The van der Waals surface area contributed by atoms with E-state index in [2.05, 4.69) is 21.2 Å². The molecule has 0 bridgehead atoms. The summed E-state index contributed by atoms with van der Waals surface area (Å²) in [7, 11) is 0. The lowest BCUT2D eigenvalue weighted by Crippen LogP contribution is -2.16. The maximum absolute atomic E-state index is 13.7. The first-order valence-corrected chi connectivity index (χ1v) is 13.4. The fraction of sp³-hybridized carbons (Fsp3) is 0.250. The van der Waals surface area contributed by atoms with Crippen molar-refractivity contribution in [3.8, 4) is 11.3 Å². The minimum absolute atomic E-state index is 0.261. The number of amides is 1. The van der Waals surface area contributed by atoms with Crippen molar-refractivity contribution in [3.63, 3.8) is 0 Å². The van der Waals surface area contributed by atoms with E-state index in [0.29, 0.717) is 28.4 Å². The maximum atomic E-state index is 13.7. The van der Waals surface area contributed by atoms with Crippen LogP contribution in [0.3, 0.4) is 0 Å². The number of rotatable bonds is 6. The van der Waals surface area contributed by atoms with Gasteiger partial charge in [-0.15, -0.1) is 11.3 Å². The van der Waals surface area contributed by atoms with E-state index in [0.717, 1.165) is 58.6 Å². The van der Waals surface area contributed by atoms with Gasteiger partial charge in [-0.3, -0.25) is 4.79 Å². The molecular weight excluding hydrogens is 524 g/mol. The Bertz CT molecular complexity index is 1430. The maximum Gasteiger partial charge on any atom is 0.341 e. The molecule has 0 radical (unpaired) electrons. The van der Waals surface area contributed by atoms with Gasteiger partial charge in [-0.2, -0.15) is 0 Å². The molecule has 7 heteroatoms. The van der Waals surface area contributed by atoms with Gasteiger partial charge in [0.25, 0.3) is 5.91 Å². The number of nitrogens with one attached hydrogen (secondary N) is 1. The summed E-state index contributed by atoms with van der Waals surface area (Å²) in [5, 5.41) is 4.41. The van der Waals surface area contributed by atoms with Gasteiger partial charge in [0.05, 0.1) is 28.9 Å². The molecule has 2 heterocycles. The minimum Gasteiger partial charge on any atom is -0.462 e. The monoisotopic (exact) mass is 548 g/mol. The molecular formula is C28H25BrN2O3S. The van der Waals surface area contributed by atoms with Gasteiger partial charge >= 0.3 is 5.97 Å². The van der Waals surface area contributed by atoms with Crippen LogP contribution in [0.1, 0.15) is 57.3 Å². The Morgan fingerprint density at radius 1 is 1.09 bits per heavy atom. The van der Waals surface area contributed by atoms with Crippen LogP contribution in [0, 0.1) is 0 Å². The number of nitrogens with zero attached hydrogens (tertiary/aromatic N) is 1. The summed E-state index contributed by atoms with van der Waals surface area (Å²) < 4.78 is 6.43. The average molecular weight is 549 g/mol. The Hall–Kier alpha value is -3.03. The molecule has 0 fully saturated rings. The van der Waals surface area contributed by atoms with Gasteiger partial charge in [0.1, 0.15) is 5.00 Å². The van der Waals surface area contributed by atoms with Crippen LogP contribution >= 0.6 is 27.3 Å². The molecule has 1 aliphatic carbocycles. The summed E-state index contributed by atoms with van der Waals surface area (Å²) in [6.45, 7) is 2.33. The van der Waals surface area contributed by atoms with E-state index in [4.69, 9.17) is 9.72 Å². The highest BCUT2D eigenvalue weighted by Crippen LogP contribution is 2.39. The van der Waals surface area contributed by atoms with E-state index in [1.165, 1.54) is 16.2 Å². The molecule has 0 atom stereocenters. The van der Waals surface area contributed by atoms with Crippen LogP contribution in [0.2, 0.25) is 0 Å². The van der Waals surface area contributed by atoms with Gasteiger partial charge < -0.3 is 10.1 Å². The first kappa shape index (κ1) is 23.7. The van der Waals surface area contributed by atoms with E-state index in [9.17, 15) is 9.59 Å².